The molecule has 0 atom stereocenters. The van der Waals surface area contributed by atoms with Gasteiger partial charge in [-0.05, 0) is 63.1 Å². The number of halogens is 1. The van der Waals surface area contributed by atoms with E-state index in [1.165, 1.54) is 5.56 Å². The summed E-state index contributed by atoms with van der Waals surface area (Å²) in [6.45, 7) is 8.09. The van der Waals surface area contributed by atoms with E-state index >= 15 is 0 Å². The molecule has 0 fully saturated rings. The number of nitrogens with one attached hydrogen (secondary N) is 1. The third-order valence-corrected chi connectivity index (χ3v) is 5.54. The molecule has 0 aliphatic heterocycles. The van der Waals surface area contributed by atoms with Gasteiger partial charge in [-0.15, -0.1) is 0 Å². The van der Waals surface area contributed by atoms with Crippen LogP contribution in [0.25, 0.3) is 22.2 Å². The number of fused-ring (bicyclic) bond motifs is 1. The van der Waals surface area contributed by atoms with Gasteiger partial charge in [0, 0.05) is 21.7 Å². The van der Waals surface area contributed by atoms with Gasteiger partial charge >= 0.3 is 0 Å². The average Bonchev–Trinajstić information content (AvgIpc) is 2.68. The molecule has 0 spiro atoms. The third-order valence-electron chi connectivity index (χ3n) is 5.30. The highest BCUT2D eigenvalue weighted by molar-refractivity contribution is 6.31. The number of rotatable bonds is 3. The molecule has 30 heavy (non-hydrogen) atoms. The summed E-state index contributed by atoms with van der Waals surface area (Å²) in [5.74, 6) is -0.166. The Kier molecular flexibility index (Phi) is 5.31. The highest BCUT2D eigenvalue weighted by atomic mass is 35.5. The number of anilines is 1. The number of hydrogen-bond acceptors (Lipinski definition) is 2. The van der Waals surface area contributed by atoms with Gasteiger partial charge < -0.3 is 5.32 Å². The summed E-state index contributed by atoms with van der Waals surface area (Å²) in [4.78, 5) is 18.4. The number of amides is 1. The lowest BCUT2D eigenvalue weighted by atomic mass is 9.94. The first kappa shape index (κ1) is 20.1. The lowest BCUT2D eigenvalue weighted by molar-refractivity contribution is 0.102. The summed E-state index contributed by atoms with van der Waals surface area (Å²) in [5.41, 5.74) is 8.16. The summed E-state index contributed by atoms with van der Waals surface area (Å²) in [7, 11) is 0. The largest absolute Gasteiger partial charge is 0.322 e. The maximum atomic E-state index is 13.4. The van der Waals surface area contributed by atoms with Gasteiger partial charge in [0.05, 0.1) is 16.8 Å². The standard InChI is InChI=1S/C26H23ClN2O/c1-15-8-10-19(11-9-15)25-18(4)23(22-13-16(2)12-17(3)24(22)29-25)26(30)28-21-7-5-6-20(27)14-21/h5-14H,1-4H3,(H,28,30). The van der Waals surface area contributed by atoms with E-state index in [9.17, 15) is 4.79 Å². The highest BCUT2D eigenvalue weighted by Gasteiger charge is 2.20. The monoisotopic (exact) mass is 414 g/mol. The van der Waals surface area contributed by atoms with E-state index in [2.05, 4.69) is 42.6 Å². The van der Waals surface area contributed by atoms with E-state index in [0.717, 1.165) is 38.9 Å². The summed E-state index contributed by atoms with van der Waals surface area (Å²) in [5, 5.41) is 4.45. The number of benzene rings is 3. The predicted octanol–water partition coefficient (Wildman–Crippen LogP) is 7.04. The zero-order valence-corrected chi connectivity index (χ0v) is 18.3. The van der Waals surface area contributed by atoms with Gasteiger partial charge in [0.1, 0.15) is 0 Å². The fraction of sp³-hybridized carbons (Fsp3) is 0.154. The summed E-state index contributed by atoms with van der Waals surface area (Å²) < 4.78 is 0. The Hall–Kier alpha value is -3.17. The molecule has 4 rings (SSSR count). The molecule has 1 N–H and O–H groups in total. The minimum atomic E-state index is -0.166. The first-order valence-corrected chi connectivity index (χ1v) is 10.3. The van der Waals surface area contributed by atoms with Crippen molar-refractivity contribution in [3.8, 4) is 11.3 Å². The smallest absolute Gasteiger partial charge is 0.256 e. The lowest BCUT2D eigenvalue weighted by Gasteiger charge is -2.17. The molecule has 1 amide bonds. The van der Waals surface area contributed by atoms with E-state index in [4.69, 9.17) is 16.6 Å². The van der Waals surface area contributed by atoms with Crippen molar-refractivity contribution in [2.24, 2.45) is 0 Å². The molecule has 3 aromatic carbocycles. The van der Waals surface area contributed by atoms with Crippen molar-refractivity contribution in [1.29, 1.82) is 0 Å². The minimum Gasteiger partial charge on any atom is -0.322 e. The van der Waals surface area contributed by atoms with Crippen molar-refractivity contribution < 1.29 is 4.79 Å². The van der Waals surface area contributed by atoms with Gasteiger partial charge in [-0.2, -0.15) is 0 Å². The van der Waals surface area contributed by atoms with Gasteiger partial charge in [0.15, 0.2) is 0 Å². The molecule has 4 aromatic rings. The second-order valence-electron chi connectivity index (χ2n) is 7.77. The molecule has 0 aliphatic carbocycles. The maximum Gasteiger partial charge on any atom is 0.256 e. The van der Waals surface area contributed by atoms with Crippen LogP contribution in [-0.4, -0.2) is 10.9 Å². The van der Waals surface area contributed by atoms with E-state index in [1.807, 2.05) is 39.0 Å². The Bertz CT molecular complexity index is 1280. The van der Waals surface area contributed by atoms with Crippen molar-refractivity contribution in [3.05, 3.63) is 93.5 Å². The van der Waals surface area contributed by atoms with Crippen molar-refractivity contribution in [2.75, 3.05) is 5.32 Å². The summed E-state index contributed by atoms with van der Waals surface area (Å²) >= 11 is 6.10. The van der Waals surface area contributed by atoms with Gasteiger partial charge in [-0.25, -0.2) is 4.98 Å². The molecule has 3 nitrogen and oxygen atoms in total. The van der Waals surface area contributed by atoms with Crippen molar-refractivity contribution in [2.45, 2.75) is 27.7 Å². The zero-order chi connectivity index (χ0) is 21.4. The van der Waals surface area contributed by atoms with E-state index in [0.29, 0.717) is 16.3 Å². The van der Waals surface area contributed by atoms with Gasteiger partial charge in [0.25, 0.3) is 5.91 Å². The van der Waals surface area contributed by atoms with Crippen LogP contribution in [0.3, 0.4) is 0 Å². The summed E-state index contributed by atoms with van der Waals surface area (Å²) in [6.07, 6.45) is 0. The molecule has 150 valence electrons. The Morgan fingerprint density at radius 3 is 2.33 bits per heavy atom. The van der Waals surface area contributed by atoms with Crippen molar-refractivity contribution in [1.82, 2.24) is 4.98 Å². The average molecular weight is 415 g/mol. The van der Waals surface area contributed by atoms with E-state index in [1.54, 1.807) is 12.1 Å². The molecular weight excluding hydrogens is 392 g/mol. The number of carbonyl (C=O) groups is 1. The van der Waals surface area contributed by atoms with Crippen LogP contribution in [0, 0.1) is 27.7 Å². The van der Waals surface area contributed by atoms with Crippen molar-refractivity contribution >= 4 is 34.1 Å². The van der Waals surface area contributed by atoms with Crippen LogP contribution >= 0.6 is 11.6 Å². The van der Waals surface area contributed by atoms with Crippen LogP contribution in [0.1, 0.15) is 32.6 Å². The number of nitrogens with zero attached hydrogens (tertiary/aromatic N) is 1. The summed E-state index contributed by atoms with van der Waals surface area (Å²) in [6, 6.07) is 19.6. The minimum absolute atomic E-state index is 0.166. The third kappa shape index (κ3) is 3.81. The number of hydrogen-bond donors (Lipinski definition) is 1. The molecule has 1 aromatic heterocycles. The molecule has 0 bridgehead atoms. The normalized spacial score (nSPS) is 11.0. The topological polar surface area (TPSA) is 42.0 Å². The van der Waals surface area contributed by atoms with Gasteiger partial charge in [-0.1, -0.05) is 59.1 Å². The molecule has 4 heteroatoms. The number of aryl methyl sites for hydroxylation is 3. The van der Waals surface area contributed by atoms with Crippen LogP contribution in [-0.2, 0) is 0 Å². The molecule has 0 aliphatic rings. The molecule has 0 saturated carbocycles. The fourth-order valence-electron chi connectivity index (χ4n) is 3.86. The first-order valence-electron chi connectivity index (χ1n) is 9.89. The van der Waals surface area contributed by atoms with Gasteiger partial charge in [0.2, 0.25) is 0 Å². The van der Waals surface area contributed by atoms with Crippen LogP contribution in [0.2, 0.25) is 5.02 Å². The van der Waals surface area contributed by atoms with Crippen LogP contribution < -0.4 is 5.32 Å². The Balaban J connectivity index is 1.95. The fourth-order valence-corrected chi connectivity index (χ4v) is 4.05. The van der Waals surface area contributed by atoms with E-state index in [-0.39, 0.29) is 5.91 Å². The van der Waals surface area contributed by atoms with Crippen LogP contribution in [0.4, 0.5) is 5.69 Å². The molecular formula is C26H23ClN2O. The Labute approximate surface area is 181 Å². The Morgan fingerprint density at radius 2 is 1.63 bits per heavy atom. The van der Waals surface area contributed by atoms with Crippen LogP contribution in [0.5, 0.6) is 0 Å². The van der Waals surface area contributed by atoms with Crippen LogP contribution in [0.15, 0.2) is 60.7 Å². The number of aromatic nitrogens is 1. The van der Waals surface area contributed by atoms with E-state index < -0.39 is 0 Å². The lowest BCUT2D eigenvalue weighted by Crippen LogP contribution is -2.15. The Morgan fingerprint density at radius 1 is 0.900 bits per heavy atom. The highest BCUT2D eigenvalue weighted by Crippen LogP contribution is 2.32. The SMILES string of the molecule is Cc1ccc(-c2nc3c(C)cc(C)cc3c(C(=O)Nc3cccc(Cl)c3)c2C)cc1. The molecule has 0 radical (unpaired) electrons. The first-order chi connectivity index (χ1) is 14.3. The molecule has 0 unspecified atom stereocenters. The number of carbonyl (C=O) groups excluding carboxylic acids is 1. The van der Waals surface area contributed by atoms with Gasteiger partial charge in [-0.3, -0.25) is 4.79 Å². The zero-order valence-electron chi connectivity index (χ0n) is 17.5. The quantitative estimate of drug-likeness (QED) is 0.390. The maximum absolute atomic E-state index is 13.4. The second kappa shape index (κ2) is 7.92. The molecule has 0 saturated heterocycles. The second-order valence-corrected chi connectivity index (χ2v) is 8.21. The molecule has 1 heterocycles. The predicted molar refractivity (Wildman–Crippen MR) is 126 cm³/mol. The number of pyridine rings is 1. The van der Waals surface area contributed by atoms with Crippen molar-refractivity contribution in [3.63, 3.8) is 0 Å².